The Balaban J connectivity index is 2.73. The van der Waals surface area contributed by atoms with Gasteiger partial charge in [-0.15, -0.1) is 0 Å². The molecule has 0 heterocycles. The minimum Gasteiger partial charge on any atom is -0.496 e. The number of carbonyl (C=O) groups excluding carboxylic acids is 1. The first-order valence-electron chi connectivity index (χ1n) is 6.72. The van der Waals surface area contributed by atoms with Gasteiger partial charge in [0.2, 0.25) is 0 Å². The minimum atomic E-state index is -0.582. The molecule has 0 fully saturated rings. The van der Waals surface area contributed by atoms with Crippen LogP contribution in [-0.4, -0.2) is 26.1 Å². The van der Waals surface area contributed by atoms with Gasteiger partial charge in [-0.1, -0.05) is 19.9 Å². The summed E-state index contributed by atoms with van der Waals surface area (Å²) in [6.07, 6.45) is 1.80. The van der Waals surface area contributed by atoms with E-state index < -0.39 is 11.7 Å². The van der Waals surface area contributed by atoms with Gasteiger partial charge in [0.25, 0.3) is 5.91 Å². The Kier molecular flexibility index (Phi) is 5.95. The highest BCUT2D eigenvalue weighted by molar-refractivity contribution is 5.97. The maximum absolute atomic E-state index is 13.8. The van der Waals surface area contributed by atoms with Crippen molar-refractivity contribution in [2.75, 3.05) is 20.2 Å². The van der Waals surface area contributed by atoms with Crippen molar-refractivity contribution < 1.29 is 13.9 Å². The van der Waals surface area contributed by atoms with Gasteiger partial charge in [-0.3, -0.25) is 4.79 Å². The lowest BCUT2D eigenvalue weighted by Gasteiger charge is -2.25. The van der Waals surface area contributed by atoms with E-state index in [2.05, 4.69) is 5.32 Å². The van der Waals surface area contributed by atoms with Crippen molar-refractivity contribution in [3.8, 4) is 5.75 Å². The molecule has 0 aliphatic carbocycles. The molecule has 112 valence electrons. The molecule has 0 spiro atoms. The van der Waals surface area contributed by atoms with Crippen LogP contribution in [0.5, 0.6) is 5.75 Å². The molecule has 1 amide bonds. The summed E-state index contributed by atoms with van der Waals surface area (Å²) in [6, 6.07) is 4.32. The molecule has 5 heteroatoms. The maximum Gasteiger partial charge on any atom is 0.258 e. The largest absolute Gasteiger partial charge is 0.496 e. The number of hydrogen-bond donors (Lipinski definition) is 2. The monoisotopic (exact) mass is 282 g/mol. The van der Waals surface area contributed by atoms with Crippen molar-refractivity contribution in [3.63, 3.8) is 0 Å². The number of rotatable bonds is 7. The van der Waals surface area contributed by atoms with Gasteiger partial charge in [0.15, 0.2) is 0 Å². The maximum atomic E-state index is 13.8. The number of hydrogen-bond acceptors (Lipinski definition) is 3. The third-order valence-electron chi connectivity index (χ3n) is 3.21. The van der Waals surface area contributed by atoms with Gasteiger partial charge < -0.3 is 15.8 Å². The van der Waals surface area contributed by atoms with E-state index in [1.807, 2.05) is 13.8 Å². The van der Waals surface area contributed by atoms with Crippen molar-refractivity contribution in [1.29, 1.82) is 0 Å². The van der Waals surface area contributed by atoms with Crippen molar-refractivity contribution >= 4 is 5.91 Å². The van der Waals surface area contributed by atoms with Crippen LogP contribution in [-0.2, 0) is 0 Å². The molecule has 0 aromatic heterocycles. The molecule has 1 rings (SSSR count). The van der Waals surface area contributed by atoms with Crippen LogP contribution in [0.1, 0.15) is 37.0 Å². The number of ether oxygens (including phenoxy) is 1. The van der Waals surface area contributed by atoms with E-state index in [1.54, 1.807) is 6.07 Å². The highest BCUT2D eigenvalue weighted by atomic mass is 19.1. The molecule has 0 bridgehead atoms. The van der Waals surface area contributed by atoms with E-state index in [0.717, 1.165) is 12.8 Å². The molecule has 0 saturated carbocycles. The summed E-state index contributed by atoms with van der Waals surface area (Å²) in [5.74, 6) is -0.801. The molecule has 1 aromatic rings. The summed E-state index contributed by atoms with van der Waals surface area (Å²) in [4.78, 5) is 12.1. The van der Waals surface area contributed by atoms with Crippen LogP contribution in [0.15, 0.2) is 18.2 Å². The fourth-order valence-electron chi connectivity index (χ4n) is 1.97. The molecular formula is C15H23FN2O2. The van der Waals surface area contributed by atoms with Crippen LogP contribution in [0.3, 0.4) is 0 Å². The Morgan fingerprint density at radius 1 is 1.45 bits per heavy atom. The molecule has 1 aromatic carbocycles. The quantitative estimate of drug-likeness (QED) is 0.806. The summed E-state index contributed by atoms with van der Waals surface area (Å²) >= 11 is 0. The Labute approximate surface area is 119 Å². The number of halogens is 1. The molecule has 3 N–H and O–H groups in total. The summed E-state index contributed by atoms with van der Waals surface area (Å²) < 4.78 is 18.8. The fraction of sp³-hybridized carbons (Fsp3) is 0.533. The topological polar surface area (TPSA) is 64.3 Å². The molecule has 0 radical (unpaired) electrons. The Hall–Kier alpha value is -1.62. The van der Waals surface area contributed by atoms with Crippen LogP contribution < -0.4 is 15.8 Å². The molecule has 0 saturated heterocycles. The van der Waals surface area contributed by atoms with E-state index >= 15 is 0 Å². The Morgan fingerprint density at radius 3 is 2.75 bits per heavy atom. The standard InChI is InChI=1S/C15H23FN2O2/c1-15(2,8-5-9-17)10-18-14(19)13-11(16)6-4-7-12(13)20-3/h4,6-7H,5,8-10,17H2,1-3H3,(H,18,19). The van der Waals surface area contributed by atoms with Crippen molar-refractivity contribution in [2.24, 2.45) is 11.1 Å². The average molecular weight is 282 g/mol. The second-order valence-electron chi connectivity index (χ2n) is 5.56. The molecule has 0 unspecified atom stereocenters. The van der Waals surface area contributed by atoms with E-state index in [0.29, 0.717) is 13.1 Å². The van der Waals surface area contributed by atoms with Gasteiger partial charge in [0.05, 0.1) is 7.11 Å². The minimum absolute atomic E-state index is 0.0513. The number of methoxy groups -OCH3 is 1. The van der Waals surface area contributed by atoms with Crippen LogP contribution >= 0.6 is 0 Å². The van der Waals surface area contributed by atoms with E-state index in [4.69, 9.17) is 10.5 Å². The summed E-state index contributed by atoms with van der Waals surface area (Å²) in [5, 5.41) is 2.76. The van der Waals surface area contributed by atoms with Gasteiger partial charge in [0, 0.05) is 6.54 Å². The van der Waals surface area contributed by atoms with Crippen LogP contribution in [0.4, 0.5) is 4.39 Å². The van der Waals surface area contributed by atoms with E-state index in [9.17, 15) is 9.18 Å². The Morgan fingerprint density at radius 2 is 2.15 bits per heavy atom. The lowest BCUT2D eigenvalue weighted by Crippen LogP contribution is -2.35. The normalized spacial score (nSPS) is 11.2. The number of nitrogens with two attached hydrogens (primary N) is 1. The van der Waals surface area contributed by atoms with Crippen LogP contribution in [0, 0.1) is 11.2 Å². The highest BCUT2D eigenvalue weighted by Crippen LogP contribution is 2.23. The van der Waals surface area contributed by atoms with Gasteiger partial charge >= 0.3 is 0 Å². The zero-order valence-corrected chi connectivity index (χ0v) is 12.3. The molecule has 0 aliphatic rings. The summed E-state index contributed by atoms with van der Waals surface area (Å²) in [6.45, 7) is 5.17. The first kappa shape index (κ1) is 16.4. The average Bonchev–Trinajstić information content (AvgIpc) is 2.42. The van der Waals surface area contributed by atoms with Gasteiger partial charge in [-0.25, -0.2) is 4.39 Å². The third kappa shape index (κ3) is 4.49. The van der Waals surface area contributed by atoms with Crippen LogP contribution in [0.25, 0.3) is 0 Å². The fourth-order valence-corrected chi connectivity index (χ4v) is 1.97. The van der Waals surface area contributed by atoms with Gasteiger partial charge in [-0.2, -0.15) is 0 Å². The first-order chi connectivity index (χ1) is 9.41. The van der Waals surface area contributed by atoms with E-state index in [1.165, 1.54) is 19.2 Å². The number of carbonyl (C=O) groups is 1. The summed E-state index contributed by atoms with van der Waals surface area (Å²) in [7, 11) is 1.41. The lowest BCUT2D eigenvalue weighted by molar-refractivity contribution is 0.0927. The van der Waals surface area contributed by atoms with Gasteiger partial charge in [0.1, 0.15) is 17.1 Å². The first-order valence-corrected chi connectivity index (χ1v) is 6.72. The predicted octanol–water partition coefficient (Wildman–Crippen LogP) is 2.33. The molecule has 0 aliphatic heterocycles. The molecular weight excluding hydrogens is 259 g/mol. The summed E-state index contributed by atoms with van der Waals surface area (Å²) in [5.41, 5.74) is 5.36. The number of nitrogens with one attached hydrogen (secondary N) is 1. The number of benzene rings is 1. The van der Waals surface area contributed by atoms with E-state index in [-0.39, 0.29) is 16.7 Å². The number of amides is 1. The molecule has 0 atom stereocenters. The predicted molar refractivity (Wildman–Crippen MR) is 77.4 cm³/mol. The Bertz CT molecular complexity index is 461. The second-order valence-corrected chi connectivity index (χ2v) is 5.56. The van der Waals surface area contributed by atoms with Gasteiger partial charge in [-0.05, 0) is 36.9 Å². The molecule has 20 heavy (non-hydrogen) atoms. The molecule has 4 nitrogen and oxygen atoms in total. The van der Waals surface area contributed by atoms with Crippen LogP contribution in [0.2, 0.25) is 0 Å². The van der Waals surface area contributed by atoms with Crippen molar-refractivity contribution in [1.82, 2.24) is 5.32 Å². The second kappa shape index (κ2) is 7.24. The SMILES string of the molecule is COc1cccc(F)c1C(=O)NCC(C)(C)CCCN. The zero-order valence-electron chi connectivity index (χ0n) is 12.3. The lowest BCUT2D eigenvalue weighted by atomic mass is 9.87. The third-order valence-corrected chi connectivity index (χ3v) is 3.21. The van der Waals surface area contributed by atoms with Crippen molar-refractivity contribution in [3.05, 3.63) is 29.6 Å². The van der Waals surface area contributed by atoms with Crippen molar-refractivity contribution in [2.45, 2.75) is 26.7 Å². The zero-order chi connectivity index (χ0) is 15.2. The smallest absolute Gasteiger partial charge is 0.258 e. The highest BCUT2D eigenvalue weighted by Gasteiger charge is 2.22.